The van der Waals surface area contributed by atoms with Gasteiger partial charge in [0.25, 0.3) is 5.91 Å². The van der Waals surface area contributed by atoms with Gasteiger partial charge in [-0.05, 0) is 49.7 Å². The van der Waals surface area contributed by atoms with Crippen LogP contribution in [0.5, 0.6) is 0 Å². The van der Waals surface area contributed by atoms with Gasteiger partial charge in [0.2, 0.25) is 0 Å². The van der Waals surface area contributed by atoms with E-state index < -0.39 is 17.6 Å². The summed E-state index contributed by atoms with van der Waals surface area (Å²) in [5.41, 5.74) is 0.351. The maximum Gasteiger partial charge on any atom is 0.416 e. The van der Waals surface area contributed by atoms with E-state index in [2.05, 4.69) is 25.6 Å². The third-order valence-electron chi connectivity index (χ3n) is 5.16. The molecule has 2 aromatic heterocycles. The maximum atomic E-state index is 13.0. The van der Waals surface area contributed by atoms with Crippen LogP contribution in [0, 0.1) is 6.92 Å². The van der Waals surface area contributed by atoms with E-state index in [0.717, 1.165) is 23.5 Å². The van der Waals surface area contributed by atoms with E-state index in [0.29, 0.717) is 17.3 Å². The molecule has 0 saturated heterocycles. The fourth-order valence-electron chi connectivity index (χ4n) is 3.39. The normalized spacial score (nSPS) is 12.3. The molecule has 34 heavy (non-hydrogen) atoms. The van der Waals surface area contributed by atoms with Gasteiger partial charge in [-0.3, -0.25) is 14.3 Å². The van der Waals surface area contributed by atoms with Crippen LogP contribution < -0.4 is 10.6 Å². The molecular formula is C24H21F3N6O. The van der Waals surface area contributed by atoms with Gasteiger partial charge >= 0.3 is 6.18 Å². The molecule has 174 valence electrons. The number of nitrogens with zero attached hydrogens (tertiary/aromatic N) is 4. The van der Waals surface area contributed by atoms with Crippen LogP contribution >= 0.6 is 0 Å². The third-order valence-corrected chi connectivity index (χ3v) is 5.16. The largest absolute Gasteiger partial charge is 0.416 e. The van der Waals surface area contributed by atoms with Crippen molar-refractivity contribution < 1.29 is 18.0 Å². The number of amides is 1. The van der Waals surface area contributed by atoms with Crippen LogP contribution in [0.25, 0.3) is 5.82 Å². The molecule has 4 rings (SSSR count). The van der Waals surface area contributed by atoms with Crippen LogP contribution in [0.1, 0.15) is 40.3 Å². The van der Waals surface area contributed by atoms with Crippen molar-refractivity contribution in [3.63, 3.8) is 0 Å². The van der Waals surface area contributed by atoms with E-state index in [-0.39, 0.29) is 11.6 Å². The number of aryl methyl sites for hydroxylation is 1. The van der Waals surface area contributed by atoms with E-state index in [9.17, 15) is 18.0 Å². The van der Waals surface area contributed by atoms with Crippen molar-refractivity contribution in [2.75, 3.05) is 10.6 Å². The minimum absolute atomic E-state index is 0.0757. The molecule has 0 aliphatic carbocycles. The van der Waals surface area contributed by atoms with Gasteiger partial charge in [-0.25, -0.2) is 9.97 Å². The second kappa shape index (κ2) is 9.34. The molecule has 0 unspecified atom stereocenters. The first-order valence-corrected chi connectivity index (χ1v) is 10.4. The van der Waals surface area contributed by atoms with Crippen LogP contribution in [0.4, 0.5) is 24.7 Å². The zero-order chi connectivity index (χ0) is 24.3. The number of rotatable bonds is 6. The summed E-state index contributed by atoms with van der Waals surface area (Å²) in [6, 6.07) is 11.2. The highest BCUT2D eigenvalue weighted by molar-refractivity contribution is 6.04. The zero-order valence-electron chi connectivity index (χ0n) is 18.3. The van der Waals surface area contributed by atoms with Crippen molar-refractivity contribution in [1.29, 1.82) is 0 Å². The smallest absolute Gasteiger partial charge is 0.362 e. The van der Waals surface area contributed by atoms with E-state index in [1.165, 1.54) is 12.1 Å². The highest BCUT2D eigenvalue weighted by atomic mass is 19.4. The first-order valence-electron chi connectivity index (χ1n) is 10.4. The summed E-state index contributed by atoms with van der Waals surface area (Å²) in [5, 5.41) is 5.93. The number of alkyl halides is 3. The van der Waals surface area contributed by atoms with E-state index in [4.69, 9.17) is 0 Å². The van der Waals surface area contributed by atoms with E-state index in [1.807, 2.05) is 24.5 Å². The number of imidazole rings is 1. The first-order chi connectivity index (χ1) is 16.2. The fourth-order valence-corrected chi connectivity index (χ4v) is 3.39. The lowest BCUT2D eigenvalue weighted by Gasteiger charge is -2.17. The first kappa shape index (κ1) is 23.0. The number of carbonyl (C=O) groups excluding carboxylic acids is 1. The van der Waals surface area contributed by atoms with Gasteiger partial charge in [0.05, 0.1) is 24.0 Å². The molecule has 0 aliphatic heterocycles. The number of carbonyl (C=O) groups is 1. The molecule has 0 saturated carbocycles. The van der Waals surface area contributed by atoms with Crippen molar-refractivity contribution in [3.05, 3.63) is 95.8 Å². The Morgan fingerprint density at radius 3 is 2.62 bits per heavy atom. The molecular weight excluding hydrogens is 445 g/mol. The number of nitrogens with one attached hydrogen (secondary N) is 2. The average molecular weight is 466 g/mol. The van der Waals surface area contributed by atoms with Crippen molar-refractivity contribution in [2.45, 2.75) is 26.1 Å². The Bertz CT molecular complexity index is 1320. The second-order valence-electron chi connectivity index (χ2n) is 7.63. The van der Waals surface area contributed by atoms with E-state index >= 15 is 0 Å². The highest BCUT2D eigenvalue weighted by Gasteiger charge is 2.30. The quantitative estimate of drug-likeness (QED) is 0.397. The van der Waals surface area contributed by atoms with Gasteiger partial charge in [-0.15, -0.1) is 0 Å². The zero-order valence-corrected chi connectivity index (χ0v) is 18.3. The molecule has 2 aromatic carbocycles. The average Bonchev–Trinajstić information content (AvgIpc) is 3.25. The molecule has 10 heteroatoms. The van der Waals surface area contributed by atoms with Crippen molar-refractivity contribution in [1.82, 2.24) is 19.5 Å². The van der Waals surface area contributed by atoms with Crippen LogP contribution in [-0.2, 0) is 6.18 Å². The predicted octanol–water partition coefficient (Wildman–Crippen LogP) is 5.41. The van der Waals surface area contributed by atoms with Crippen molar-refractivity contribution >= 4 is 17.4 Å². The van der Waals surface area contributed by atoms with Crippen LogP contribution in [0.2, 0.25) is 0 Å². The summed E-state index contributed by atoms with van der Waals surface area (Å²) in [6.07, 6.45) is 2.19. The standard InChI is InChI=1S/C24H21F3N6O/c1-15(30-21-13-28-14-22(32-21)33-10-9-29-16(33)2)17-5-4-8-20(12-17)31-23(34)18-6-3-7-19(11-18)24(25,26)27/h3-15H,1-2H3,(H,30,32)(H,31,34)/t15-/m0/s1. The minimum Gasteiger partial charge on any atom is -0.362 e. The predicted molar refractivity (Wildman–Crippen MR) is 122 cm³/mol. The maximum absolute atomic E-state index is 13.0. The molecule has 0 fully saturated rings. The fraction of sp³-hybridized carbons (Fsp3) is 0.167. The number of anilines is 2. The monoisotopic (exact) mass is 466 g/mol. The molecule has 0 radical (unpaired) electrons. The van der Waals surface area contributed by atoms with Gasteiger partial charge in [0.1, 0.15) is 11.6 Å². The molecule has 1 atom stereocenters. The Balaban J connectivity index is 1.47. The Kier molecular flexibility index (Phi) is 6.31. The van der Waals surface area contributed by atoms with Gasteiger partial charge in [0.15, 0.2) is 5.82 Å². The Hall–Kier alpha value is -4.21. The van der Waals surface area contributed by atoms with Gasteiger partial charge in [-0.2, -0.15) is 13.2 Å². The molecule has 1 amide bonds. The summed E-state index contributed by atoms with van der Waals surface area (Å²) in [5.74, 6) is 1.33. The van der Waals surface area contributed by atoms with Crippen molar-refractivity contribution in [3.8, 4) is 5.82 Å². The lowest BCUT2D eigenvalue weighted by molar-refractivity contribution is -0.137. The Labute approximate surface area is 193 Å². The number of aromatic nitrogens is 4. The van der Waals surface area contributed by atoms with Crippen molar-refractivity contribution in [2.24, 2.45) is 0 Å². The molecule has 2 heterocycles. The molecule has 0 bridgehead atoms. The number of halogens is 3. The summed E-state index contributed by atoms with van der Waals surface area (Å²) in [6.45, 7) is 3.79. The SMILES string of the molecule is Cc1nccn1-c1cncc(N[C@@H](C)c2cccc(NC(=O)c3cccc(C(F)(F)F)c3)c2)n1. The van der Waals surface area contributed by atoms with Crippen LogP contribution in [0.3, 0.4) is 0 Å². The molecule has 0 aliphatic rings. The topological polar surface area (TPSA) is 84.7 Å². The summed E-state index contributed by atoms with van der Waals surface area (Å²) in [7, 11) is 0. The summed E-state index contributed by atoms with van der Waals surface area (Å²) < 4.78 is 40.7. The number of hydrogen-bond donors (Lipinski definition) is 2. The molecule has 4 aromatic rings. The van der Waals surface area contributed by atoms with Gasteiger partial charge in [0, 0.05) is 23.6 Å². The minimum atomic E-state index is -4.52. The second-order valence-corrected chi connectivity index (χ2v) is 7.63. The number of benzene rings is 2. The Morgan fingerprint density at radius 2 is 1.88 bits per heavy atom. The molecule has 7 nitrogen and oxygen atoms in total. The summed E-state index contributed by atoms with van der Waals surface area (Å²) >= 11 is 0. The molecule has 2 N–H and O–H groups in total. The van der Waals surface area contributed by atoms with E-state index in [1.54, 1.807) is 43.0 Å². The third kappa shape index (κ3) is 5.22. The lowest BCUT2D eigenvalue weighted by atomic mass is 10.1. The summed E-state index contributed by atoms with van der Waals surface area (Å²) in [4.78, 5) is 25.5. The Morgan fingerprint density at radius 1 is 1.09 bits per heavy atom. The van der Waals surface area contributed by atoms with Gasteiger partial charge < -0.3 is 10.6 Å². The van der Waals surface area contributed by atoms with Gasteiger partial charge in [-0.1, -0.05) is 18.2 Å². The van der Waals surface area contributed by atoms with Crippen LogP contribution in [-0.4, -0.2) is 25.4 Å². The lowest BCUT2D eigenvalue weighted by Crippen LogP contribution is -2.14. The molecule has 0 spiro atoms. The number of hydrogen-bond acceptors (Lipinski definition) is 5. The highest BCUT2D eigenvalue weighted by Crippen LogP contribution is 2.30. The van der Waals surface area contributed by atoms with Crippen LogP contribution in [0.15, 0.2) is 73.3 Å².